The molecule has 0 radical (unpaired) electrons. The van der Waals surface area contributed by atoms with Gasteiger partial charge >= 0.3 is 6.01 Å². The molecule has 67 heavy (non-hydrogen) atoms. The van der Waals surface area contributed by atoms with E-state index in [2.05, 4.69) is 175 Å². The summed E-state index contributed by atoms with van der Waals surface area (Å²) in [6.45, 7) is 21.6. The molecule has 3 aromatic carbocycles. The van der Waals surface area contributed by atoms with Crippen LogP contribution in [0.4, 0.5) is 17.7 Å². The Kier molecular flexibility index (Phi) is 18.3. The maximum Gasteiger partial charge on any atom is 0.318 e. The summed E-state index contributed by atoms with van der Waals surface area (Å²) in [6.07, 6.45) is 9.93. The van der Waals surface area contributed by atoms with Crippen LogP contribution < -0.4 is 31.4 Å². The van der Waals surface area contributed by atoms with E-state index in [-0.39, 0.29) is 17.0 Å². The molecule has 4 aromatic heterocycles. The van der Waals surface area contributed by atoms with Crippen molar-refractivity contribution in [3.05, 3.63) is 136 Å². The summed E-state index contributed by atoms with van der Waals surface area (Å²) in [7, 11) is 0. The van der Waals surface area contributed by atoms with Gasteiger partial charge in [-0.3, -0.25) is 0 Å². The molecular formula is C52H68ClN11O3. The molecular weight excluding hydrogens is 862 g/mol. The Morgan fingerprint density at radius 3 is 1.42 bits per heavy atom. The monoisotopic (exact) mass is 930 g/mol. The summed E-state index contributed by atoms with van der Waals surface area (Å²) in [6, 6.07) is 28.9. The molecule has 0 atom stereocenters. The Bertz CT molecular complexity index is 2560. The van der Waals surface area contributed by atoms with Crippen molar-refractivity contribution >= 4 is 40.5 Å². The number of nitrogens with one attached hydrogen (secondary N) is 1. The number of H-pyrrole nitrogens is 1. The number of aryl methyl sites for hydroxylation is 3. The van der Waals surface area contributed by atoms with Gasteiger partial charge in [-0.25, -0.2) is 15.0 Å². The van der Waals surface area contributed by atoms with Crippen LogP contribution >= 0.6 is 11.6 Å². The number of hydrogen-bond donors (Lipinski definition) is 4. The zero-order valence-electron chi connectivity index (χ0n) is 40.6. The summed E-state index contributed by atoms with van der Waals surface area (Å²) in [5.41, 5.74) is 26.3. The summed E-state index contributed by atoms with van der Waals surface area (Å²) in [5, 5.41) is 0.278. The SMILES string of the molecule is CC(C)(C)CCc1ccc(COc2cc(Cl)nc(N)n2)cc1.CC(C)(C)CCc1ccc(COc2nc(N)nc3nc[nH]c23)cc1.CC(C)(C)CCc1ccc(COc2nccc(N)n2)cc1. The van der Waals surface area contributed by atoms with Crippen LogP contribution in [-0.2, 0) is 39.1 Å². The van der Waals surface area contributed by atoms with Crippen LogP contribution in [0.2, 0.25) is 5.15 Å². The molecule has 7 aromatic rings. The molecule has 0 fully saturated rings. The fraction of sp³-hybridized carbons (Fsp3) is 0.404. The molecule has 15 heteroatoms. The fourth-order valence-electron chi connectivity index (χ4n) is 6.26. The maximum atomic E-state index is 5.81. The smallest absolute Gasteiger partial charge is 0.318 e. The third-order valence-electron chi connectivity index (χ3n) is 10.3. The average molecular weight is 931 g/mol. The van der Waals surface area contributed by atoms with E-state index in [4.69, 9.17) is 43.0 Å². The van der Waals surface area contributed by atoms with E-state index in [9.17, 15) is 0 Å². The van der Waals surface area contributed by atoms with Crippen molar-refractivity contribution in [2.24, 2.45) is 16.2 Å². The van der Waals surface area contributed by atoms with Crippen molar-refractivity contribution < 1.29 is 14.2 Å². The molecule has 0 saturated carbocycles. The lowest BCUT2D eigenvalue weighted by atomic mass is 9.88. The zero-order chi connectivity index (χ0) is 48.6. The zero-order valence-corrected chi connectivity index (χ0v) is 41.3. The van der Waals surface area contributed by atoms with Gasteiger partial charge in [-0.05, 0) is 94.2 Å². The first-order valence-corrected chi connectivity index (χ1v) is 23.0. The molecule has 0 bridgehead atoms. The van der Waals surface area contributed by atoms with Crippen molar-refractivity contribution in [2.45, 2.75) is 121 Å². The van der Waals surface area contributed by atoms with E-state index in [0.717, 1.165) is 36.0 Å². The van der Waals surface area contributed by atoms with Gasteiger partial charge in [0.1, 0.15) is 36.3 Å². The van der Waals surface area contributed by atoms with Crippen LogP contribution in [0.25, 0.3) is 11.2 Å². The van der Waals surface area contributed by atoms with Gasteiger partial charge in [-0.1, -0.05) is 147 Å². The average Bonchev–Trinajstić information content (AvgIpc) is 3.74. The predicted molar refractivity (Wildman–Crippen MR) is 270 cm³/mol. The molecule has 0 amide bonds. The Morgan fingerprint density at radius 1 is 0.507 bits per heavy atom. The van der Waals surface area contributed by atoms with Gasteiger partial charge in [0.2, 0.25) is 23.7 Å². The lowest BCUT2D eigenvalue weighted by Crippen LogP contribution is -2.06. The van der Waals surface area contributed by atoms with Crippen molar-refractivity contribution in [1.82, 2.24) is 39.9 Å². The molecule has 0 aliphatic rings. The van der Waals surface area contributed by atoms with Crippen LogP contribution in [0.3, 0.4) is 0 Å². The van der Waals surface area contributed by atoms with Crippen molar-refractivity contribution in [3.8, 4) is 17.8 Å². The Morgan fingerprint density at radius 2 is 0.955 bits per heavy atom. The number of hydrogen-bond acceptors (Lipinski definition) is 13. The van der Waals surface area contributed by atoms with E-state index in [1.54, 1.807) is 24.7 Å². The highest BCUT2D eigenvalue weighted by Crippen LogP contribution is 2.25. The summed E-state index contributed by atoms with van der Waals surface area (Å²) in [5.74, 6) is 1.49. The van der Waals surface area contributed by atoms with Crippen LogP contribution in [-0.4, -0.2) is 39.9 Å². The quantitative estimate of drug-likeness (QED) is 0.0706. The number of imidazole rings is 1. The minimum absolute atomic E-state index is 0.111. The molecule has 7 N–H and O–H groups in total. The van der Waals surface area contributed by atoms with Gasteiger partial charge in [-0.2, -0.15) is 19.9 Å². The Hall–Kier alpha value is -6.54. The van der Waals surface area contributed by atoms with Gasteiger partial charge in [-0.15, -0.1) is 0 Å². The Balaban J connectivity index is 0.000000189. The van der Waals surface area contributed by atoms with E-state index in [0.29, 0.717) is 70.8 Å². The molecule has 0 saturated heterocycles. The van der Waals surface area contributed by atoms with Crippen molar-refractivity contribution in [3.63, 3.8) is 0 Å². The number of aromatic nitrogens is 8. The molecule has 0 aliphatic carbocycles. The van der Waals surface area contributed by atoms with E-state index < -0.39 is 0 Å². The first-order valence-electron chi connectivity index (χ1n) is 22.6. The predicted octanol–water partition coefficient (Wildman–Crippen LogP) is 11.4. The molecule has 356 valence electrons. The van der Waals surface area contributed by atoms with Gasteiger partial charge in [0.15, 0.2) is 5.65 Å². The van der Waals surface area contributed by atoms with Gasteiger partial charge in [0.05, 0.1) is 6.33 Å². The highest BCUT2D eigenvalue weighted by molar-refractivity contribution is 6.29. The number of fused-ring (bicyclic) bond motifs is 1. The minimum atomic E-state index is 0.111. The molecule has 14 nitrogen and oxygen atoms in total. The van der Waals surface area contributed by atoms with Crippen molar-refractivity contribution in [1.29, 1.82) is 0 Å². The number of ether oxygens (including phenoxy) is 3. The summed E-state index contributed by atoms with van der Waals surface area (Å²) in [4.78, 5) is 31.0. The number of anilines is 3. The highest BCUT2D eigenvalue weighted by atomic mass is 35.5. The van der Waals surface area contributed by atoms with Crippen LogP contribution in [0.15, 0.2) is 97.5 Å². The van der Waals surface area contributed by atoms with Gasteiger partial charge in [0, 0.05) is 12.3 Å². The first-order chi connectivity index (χ1) is 31.6. The largest absolute Gasteiger partial charge is 0.473 e. The van der Waals surface area contributed by atoms with Gasteiger partial charge < -0.3 is 36.4 Å². The van der Waals surface area contributed by atoms with Crippen LogP contribution in [0.5, 0.6) is 17.8 Å². The van der Waals surface area contributed by atoms with E-state index >= 15 is 0 Å². The maximum absolute atomic E-state index is 5.81. The molecule has 0 spiro atoms. The van der Waals surface area contributed by atoms with Crippen molar-refractivity contribution in [2.75, 3.05) is 17.2 Å². The highest BCUT2D eigenvalue weighted by Gasteiger charge is 2.13. The normalized spacial score (nSPS) is 11.6. The second-order valence-electron chi connectivity index (χ2n) is 20.1. The van der Waals surface area contributed by atoms with Gasteiger partial charge in [0.25, 0.3) is 0 Å². The standard InChI is InChI=1S/C18H23N5O.C17H22ClN3O.C17H23N3O/c1-18(2,3)9-8-12-4-6-13(7-5-12)10-24-16-14-15(21-11-20-14)22-17(19)23-16;1-17(2,3)9-8-12-4-6-13(7-5-12)11-22-15-10-14(18)20-16(19)21-15;1-17(2,3)10-8-13-4-6-14(7-5-13)12-21-16-19-11-9-15(18)20-16/h4-7,11H,8-10H2,1-3H3,(H3,19,20,21,22,23);4-7,10H,8-9,11H2,1-3H3,(H2,19,20,21);4-7,9,11H,8,10,12H2,1-3H3,(H2,18,19,20). The number of nitrogens with two attached hydrogens (primary N) is 3. The number of benzene rings is 3. The molecule has 0 aliphatic heterocycles. The minimum Gasteiger partial charge on any atom is -0.473 e. The first kappa shape index (κ1) is 51.4. The lowest BCUT2D eigenvalue weighted by molar-refractivity contribution is 0.281. The lowest BCUT2D eigenvalue weighted by Gasteiger charge is -2.17. The van der Waals surface area contributed by atoms with Crippen LogP contribution in [0, 0.1) is 16.2 Å². The number of aromatic amines is 1. The third kappa shape index (κ3) is 19.5. The number of halogens is 1. The second kappa shape index (κ2) is 23.8. The number of nitrogen functional groups attached to an aromatic ring is 3. The topological polar surface area (TPSA) is 212 Å². The second-order valence-corrected chi connectivity index (χ2v) is 20.5. The fourth-order valence-corrected chi connectivity index (χ4v) is 6.44. The molecule has 0 unspecified atom stereocenters. The van der Waals surface area contributed by atoms with E-state index in [1.165, 1.54) is 36.0 Å². The molecule has 4 heterocycles. The van der Waals surface area contributed by atoms with Crippen LogP contribution in [0.1, 0.15) is 115 Å². The third-order valence-corrected chi connectivity index (χ3v) is 10.5. The molecule has 7 rings (SSSR count). The number of rotatable bonds is 15. The summed E-state index contributed by atoms with van der Waals surface area (Å²) >= 11 is 5.81. The van der Waals surface area contributed by atoms with E-state index in [1.807, 2.05) is 0 Å². The number of nitrogens with zero attached hydrogens (tertiary/aromatic N) is 7. The summed E-state index contributed by atoms with van der Waals surface area (Å²) < 4.78 is 16.9. The Labute approximate surface area is 400 Å².